The molecule has 0 radical (unpaired) electrons. The molecular weight excluding hydrogens is 1170 g/mol. The van der Waals surface area contributed by atoms with Crippen molar-refractivity contribution in [3.63, 3.8) is 0 Å². The molecule has 13 atom stereocenters. The molecule has 0 bridgehead atoms. The summed E-state index contributed by atoms with van der Waals surface area (Å²) in [6.45, 7) is 2.41. The predicted molar refractivity (Wildman–Crippen MR) is 256 cm³/mol. The second-order valence-electron chi connectivity index (χ2n) is 18.4. The molecule has 3 aliphatic rings. The van der Waals surface area contributed by atoms with Crippen molar-refractivity contribution in [2.45, 2.75) is 139 Å². The maximum absolute atomic E-state index is 16.4. The third-order valence-corrected chi connectivity index (χ3v) is 14.3. The molecule has 2 saturated heterocycles. The van der Waals surface area contributed by atoms with Crippen LogP contribution in [0.5, 0.6) is 0 Å². The summed E-state index contributed by atoms with van der Waals surface area (Å²) in [7, 11) is -10.7. The number of alkyl halides is 2. The van der Waals surface area contributed by atoms with Crippen LogP contribution < -0.4 is 22.5 Å². The number of imidazole rings is 1. The smallest absolute Gasteiger partial charge is 0.432 e. The number of aliphatic hydroxyl groups is 4. The fourth-order valence-electron chi connectivity index (χ4n) is 7.63. The SMILES string of the molecule is C#C[C@]1(O)[C@H](n2ccc(=O)[nH]c2=O)O[C@](F)(COP(=O)(OCOC(=O)OC(C)C)OCOC(=O)OC(C)CCC(C)OC(=O)OCOP(=O)(OCOC(=O)OC(C)C)OC2[C@]3(O)[C@@](C)(O)[C@H](n4cnc5c(=O)[nH]c(N)nc54)O[C@]23F)[C@H]1O. The number of nitrogen functional groups attached to an aromatic ring is 1. The highest BCUT2D eigenvalue weighted by molar-refractivity contribution is 7.48. The van der Waals surface area contributed by atoms with Gasteiger partial charge in [0.15, 0.2) is 41.4 Å². The first-order valence-corrected chi connectivity index (χ1v) is 26.6. The molecule has 2 aliphatic heterocycles. The number of nitrogens with zero attached hydrogens (tertiary/aromatic N) is 4. The van der Waals surface area contributed by atoms with Gasteiger partial charge in [-0.15, -0.1) is 6.42 Å². The zero-order valence-electron chi connectivity index (χ0n) is 43.9. The number of hydrogen-bond donors (Lipinski definition) is 7. The van der Waals surface area contributed by atoms with E-state index in [0.29, 0.717) is 4.57 Å². The molecular formula is C42H55F2N7O29P2. The quantitative estimate of drug-likeness (QED) is 0.0196. The number of carbonyl (C=O) groups excluding carboxylic acids is 4. The molecule has 1 saturated carbocycles. The highest BCUT2D eigenvalue weighted by atomic mass is 31.2. The first-order chi connectivity index (χ1) is 38.2. The Balaban J connectivity index is 0.989. The van der Waals surface area contributed by atoms with E-state index in [4.69, 9.17) is 77.2 Å². The Morgan fingerprint density at radius 2 is 1.28 bits per heavy atom. The average Bonchev–Trinajstić information content (AvgIpc) is 3.51. The lowest BCUT2D eigenvalue weighted by molar-refractivity contribution is -0.206. The van der Waals surface area contributed by atoms with E-state index in [0.717, 1.165) is 30.1 Å². The number of ether oxygens (including phenoxy) is 10. The summed E-state index contributed by atoms with van der Waals surface area (Å²) >= 11 is 0. The van der Waals surface area contributed by atoms with E-state index in [-0.39, 0.29) is 24.0 Å². The normalized spacial score (nSPS) is 28.7. The van der Waals surface area contributed by atoms with Gasteiger partial charge >= 0.3 is 46.0 Å². The lowest BCUT2D eigenvalue weighted by atomic mass is 9.94. The Morgan fingerprint density at radius 1 is 0.780 bits per heavy atom. The number of hydrogen-bond acceptors (Lipinski definition) is 32. The van der Waals surface area contributed by atoms with Crippen LogP contribution in [0.4, 0.5) is 33.9 Å². The number of aliphatic hydroxyl groups excluding tert-OH is 1. The molecule has 5 heterocycles. The van der Waals surface area contributed by atoms with Gasteiger partial charge in [0.05, 0.1) is 18.5 Å². The van der Waals surface area contributed by atoms with Crippen molar-refractivity contribution in [1.82, 2.24) is 29.1 Å². The maximum Gasteiger partial charge on any atom is 0.510 e. The van der Waals surface area contributed by atoms with E-state index in [1.807, 2.05) is 4.98 Å². The number of nitrogens with two attached hydrogens (primary N) is 1. The summed E-state index contributed by atoms with van der Waals surface area (Å²) in [5.74, 6) is -5.76. The first-order valence-electron chi connectivity index (χ1n) is 23.7. The lowest BCUT2D eigenvalue weighted by Crippen LogP contribution is -2.51. The third-order valence-electron chi connectivity index (χ3n) is 11.7. The topological polar surface area (TPSA) is 475 Å². The van der Waals surface area contributed by atoms with Gasteiger partial charge in [-0.3, -0.25) is 37.7 Å². The molecule has 36 nitrogen and oxygen atoms in total. The molecule has 3 aromatic rings. The number of halogens is 2. The number of terminal acetylenes is 1. The molecule has 5 unspecified atom stereocenters. The van der Waals surface area contributed by atoms with Gasteiger partial charge in [0.2, 0.25) is 38.7 Å². The van der Waals surface area contributed by atoms with Gasteiger partial charge in [-0.1, -0.05) is 5.92 Å². The predicted octanol–water partition coefficient (Wildman–Crippen LogP) is 1.36. The van der Waals surface area contributed by atoms with Crippen molar-refractivity contribution in [3.05, 3.63) is 49.8 Å². The van der Waals surface area contributed by atoms with Crippen LogP contribution in [0.25, 0.3) is 11.2 Å². The van der Waals surface area contributed by atoms with Crippen LogP contribution >= 0.6 is 15.6 Å². The van der Waals surface area contributed by atoms with Crippen molar-refractivity contribution in [2.24, 2.45) is 0 Å². The van der Waals surface area contributed by atoms with Crippen LogP contribution in [0.15, 0.2) is 33.0 Å². The van der Waals surface area contributed by atoms with Crippen molar-refractivity contribution < 1.29 is 132 Å². The monoisotopic (exact) mass is 1220 g/mol. The average molecular weight is 1220 g/mol. The van der Waals surface area contributed by atoms with Gasteiger partial charge in [0.1, 0.15) is 24.4 Å². The fourth-order valence-corrected chi connectivity index (χ4v) is 9.66. The molecule has 456 valence electrons. The number of H-pyrrole nitrogens is 2. The van der Waals surface area contributed by atoms with Crippen LogP contribution in [0.1, 0.15) is 73.8 Å². The van der Waals surface area contributed by atoms with Gasteiger partial charge in [-0.25, -0.2) is 65.0 Å². The molecule has 0 amide bonds. The summed E-state index contributed by atoms with van der Waals surface area (Å²) in [6.07, 6.45) is -11.7. The number of fused-ring (bicyclic) bond motifs is 2. The van der Waals surface area contributed by atoms with Crippen LogP contribution in [0, 0.1) is 12.3 Å². The summed E-state index contributed by atoms with van der Waals surface area (Å²) in [5.41, 5.74) is -6.81. The molecule has 3 aromatic heterocycles. The molecule has 82 heavy (non-hydrogen) atoms. The Morgan fingerprint density at radius 3 is 1.74 bits per heavy atom. The van der Waals surface area contributed by atoms with Crippen molar-refractivity contribution in [1.29, 1.82) is 0 Å². The van der Waals surface area contributed by atoms with Gasteiger partial charge in [0.25, 0.3) is 22.8 Å². The van der Waals surface area contributed by atoms with Gasteiger partial charge < -0.3 is 73.5 Å². The summed E-state index contributed by atoms with van der Waals surface area (Å²) in [6, 6.07) is 0.772. The number of anilines is 1. The van der Waals surface area contributed by atoms with Crippen LogP contribution in [-0.2, 0) is 83.6 Å². The number of nitrogens with one attached hydrogen (secondary N) is 2. The summed E-state index contributed by atoms with van der Waals surface area (Å²) < 4.78 is 140. The van der Waals surface area contributed by atoms with E-state index >= 15 is 8.78 Å². The van der Waals surface area contributed by atoms with Crippen molar-refractivity contribution in [2.75, 3.05) is 39.5 Å². The Labute approximate surface area is 458 Å². The number of aromatic amines is 2. The van der Waals surface area contributed by atoms with Crippen LogP contribution in [0.2, 0.25) is 0 Å². The third kappa shape index (κ3) is 14.0. The Kier molecular flexibility index (Phi) is 19.7. The van der Waals surface area contributed by atoms with Gasteiger partial charge in [-0.2, -0.15) is 4.98 Å². The molecule has 3 fully saturated rings. The number of phosphoric acid groups is 2. The standard InChI is InChI=1S/C42H55F2N7O29P2/c1-9-39(61)28(54)40(43,78-31(39)50-13-12-24(52)47-33(50)55)14-69-81(63,70-16-65-34(56)74-20(2)3)71-17-67-36(58)76-22(6)10-11-23(7)77-37(59)68-19-73-82(64,72-18-66-35(57)75-21(4)5)80-29-41(62)38(8,60)30(79-42(29,41)44)51-15-46-25-26(51)48-32(45)49-27(25)53/h1,12-13,15,20-23,28-31,54,60-62H,10-11,14,16-19H2,2-8H3,(H,47,52,55)(H3,45,48,49,53)/t22?,23?,28-,29?,30+,31+,38-,39+,40+,41-,42+,81?,82?/m0/s1. The van der Waals surface area contributed by atoms with Gasteiger partial charge in [-0.05, 0) is 61.3 Å². The van der Waals surface area contributed by atoms with E-state index < -0.39 is 174 Å². The van der Waals surface area contributed by atoms with E-state index in [9.17, 15) is 63.1 Å². The van der Waals surface area contributed by atoms with Crippen molar-refractivity contribution >= 4 is 57.4 Å². The molecule has 1 aliphatic carbocycles. The summed E-state index contributed by atoms with van der Waals surface area (Å²) in [5, 5.41) is 44.7. The number of aromatic nitrogens is 6. The van der Waals surface area contributed by atoms with Crippen molar-refractivity contribution in [3.8, 4) is 12.3 Å². The van der Waals surface area contributed by atoms with Crippen LogP contribution in [0.3, 0.4) is 0 Å². The minimum absolute atomic E-state index is 0.0917. The highest BCUT2D eigenvalue weighted by Crippen LogP contribution is 2.72. The van der Waals surface area contributed by atoms with E-state index in [1.165, 1.54) is 41.5 Å². The molecule has 6 rings (SSSR count). The minimum Gasteiger partial charge on any atom is -0.432 e. The Bertz CT molecular complexity index is 3170. The zero-order chi connectivity index (χ0) is 61.0. The minimum atomic E-state index is -5.36. The first kappa shape index (κ1) is 64.5. The molecule has 40 heteroatoms. The second kappa shape index (κ2) is 25.0. The molecule has 8 N–H and O–H groups in total. The number of phosphoric ester groups is 2. The van der Waals surface area contributed by atoms with Crippen LogP contribution in [-0.4, -0.2) is 173 Å². The number of rotatable bonds is 26. The lowest BCUT2D eigenvalue weighted by Gasteiger charge is -2.32. The number of carbonyl (C=O) groups is 4. The van der Waals surface area contributed by atoms with Gasteiger partial charge in [0, 0.05) is 12.3 Å². The second-order valence-corrected chi connectivity index (χ2v) is 21.7. The summed E-state index contributed by atoms with van der Waals surface area (Å²) in [4.78, 5) is 97.1. The Hall–Kier alpha value is -6.69. The van der Waals surface area contributed by atoms with E-state index in [2.05, 4.69) is 24.4 Å². The maximum atomic E-state index is 16.4. The zero-order valence-corrected chi connectivity index (χ0v) is 45.7. The molecule has 0 spiro atoms. The molecule has 0 aromatic carbocycles. The van der Waals surface area contributed by atoms with E-state index in [1.54, 1.807) is 5.92 Å². The largest absolute Gasteiger partial charge is 0.510 e. The highest BCUT2D eigenvalue weighted by Gasteiger charge is 2.95. The fraction of sp³-hybridized carbons (Fsp3) is 0.643.